The predicted molar refractivity (Wildman–Crippen MR) is 91.0 cm³/mol. The summed E-state index contributed by atoms with van der Waals surface area (Å²) in [6.45, 7) is 1.12. The second-order valence-electron chi connectivity index (χ2n) is 5.54. The molecule has 0 fully saturated rings. The Hall–Kier alpha value is -2.58. The molecular formula is C17H18N2O5S. The lowest BCUT2D eigenvalue weighted by molar-refractivity contribution is 0.1000. The lowest BCUT2D eigenvalue weighted by Gasteiger charge is -2.11. The van der Waals surface area contributed by atoms with Gasteiger partial charge in [-0.1, -0.05) is 12.1 Å². The van der Waals surface area contributed by atoms with Crippen LogP contribution in [0, 0.1) is 0 Å². The van der Waals surface area contributed by atoms with Crippen molar-refractivity contribution in [3.8, 4) is 11.5 Å². The Labute approximate surface area is 145 Å². The van der Waals surface area contributed by atoms with Gasteiger partial charge in [0.15, 0.2) is 11.5 Å². The first kappa shape index (κ1) is 17.2. The van der Waals surface area contributed by atoms with Gasteiger partial charge in [-0.15, -0.1) is 0 Å². The van der Waals surface area contributed by atoms with E-state index in [4.69, 9.17) is 15.2 Å². The largest absolute Gasteiger partial charge is 0.490 e. The topological polar surface area (TPSA) is 108 Å². The highest BCUT2D eigenvalue weighted by Crippen LogP contribution is 2.31. The zero-order chi connectivity index (χ0) is 17.9. The van der Waals surface area contributed by atoms with Gasteiger partial charge in [-0.05, 0) is 29.8 Å². The van der Waals surface area contributed by atoms with Gasteiger partial charge in [0.1, 0.15) is 0 Å². The summed E-state index contributed by atoms with van der Waals surface area (Å²) in [5.41, 5.74) is 6.26. The number of nitrogens with two attached hydrogens (primary N) is 1. The van der Waals surface area contributed by atoms with Gasteiger partial charge < -0.3 is 15.2 Å². The van der Waals surface area contributed by atoms with E-state index in [2.05, 4.69) is 4.72 Å². The second kappa shape index (κ2) is 7.12. The number of nitrogens with one attached hydrogen (secondary N) is 1. The SMILES string of the molecule is NC(=O)c1ccc(CNS(=O)(=O)c2ccc3c(c2)OCCCO3)cc1. The summed E-state index contributed by atoms with van der Waals surface area (Å²) in [4.78, 5) is 11.1. The molecule has 132 valence electrons. The van der Waals surface area contributed by atoms with E-state index in [9.17, 15) is 13.2 Å². The van der Waals surface area contributed by atoms with Crippen LogP contribution in [0.5, 0.6) is 11.5 Å². The molecule has 0 bridgehead atoms. The van der Waals surface area contributed by atoms with Crippen molar-refractivity contribution in [2.75, 3.05) is 13.2 Å². The average Bonchev–Trinajstić information content (AvgIpc) is 2.85. The number of carbonyl (C=O) groups excluding carboxylic acids is 1. The van der Waals surface area contributed by atoms with E-state index in [0.717, 1.165) is 6.42 Å². The Bertz CT molecular complexity index is 878. The van der Waals surface area contributed by atoms with Crippen molar-refractivity contribution < 1.29 is 22.7 Å². The summed E-state index contributed by atoms with van der Waals surface area (Å²) in [7, 11) is -3.71. The maximum absolute atomic E-state index is 12.5. The molecule has 2 aromatic rings. The molecule has 0 saturated heterocycles. The van der Waals surface area contributed by atoms with Gasteiger partial charge in [-0.3, -0.25) is 4.79 Å². The summed E-state index contributed by atoms with van der Waals surface area (Å²) in [5.74, 6) is 0.434. The minimum absolute atomic E-state index is 0.0931. The first-order valence-corrected chi connectivity index (χ1v) is 9.22. The number of amides is 1. The van der Waals surface area contributed by atoms with Crippen molar-refractivity contribution in [3.05, 3.63) is 53.6 Å². The van der Waals surface area contributed by atoms with E-state index in [1.165, 1.54) is 12.1 Å². The van der Waals surface area contributed by atoms with Crippen LogP contribution in [0.3, 0.4) is 0 Å². The van der Waals surface area contributed by atoms with Gasteiger partial charge >= 0.3 is 0 Å². The Kier molecular flexibility index (Phi) is 4.91. The molecule has 2 aromatic carbocycles. The molecule has 0 radical (unpaired) electrons. The van der Waals surface area contributed by atoms with Crippen molar-refractivity contribution >= 4 is 15.9 Å². The van der Waals surface area contributed by atoms with Crippen molar-refractivity contribution in [1.29, 1.82) is 0 Å². The van der Waals surface area contributed by atoms with Crippen molar-refractivity contribution in [2.24, 2.45) is 5.73 Å². The standard InChI is InChI=1S/C17H18N2O5S/c18-17(20)13-4-2-12(3-5-13)11-19-25(21,22)14-6-7-15-16(10-14)24-9-1-8-23-15/h2-7,10,19H,1,8-9,11H2,(H2,18,20). The van der Waals surface area contributed by atoms with Gasteiger partial charge in [0.2, 0.25) is 15.9 Å². The molecule has 3 N–H and O–H groups in total. The number of hydrogen-bond donors (Lipinski definition) is 2. The quantitative estimate of drug-likeness (QED) is 0.836. The normalized spacial score (nSPS) is 13.9. The molecule has 0 atom stereocenters. The highest BCUT2D eigenvalue weighted by molar-refractivity contribution is 7.89. The van der Waals surface area contributed by atoms with Crippen molar-refractivity contribution in [2.45, 2.75) is 17.9 Å². The van der Waals surface area contributed by atoms with Gasteiger partial charge in [0.25, 0.3) is 0 Å². The third-order valence-electron chi connectivity index (χ3n) is 3.73. The van der Waals surface area contributed by atoms with E-state index in [1.54, 1.807) is 30.3 Å². The Morgan fingerprint density at radius 2 is 1.72 bits per heavy atom. The molecule has 7 nitrogen and oxygen atoms in total. The summed E-state index contributed by atoms with van der Waals surface area (Å²) < 4.78 is 38.5. The molecule has 1 amide bonds. The van der Waals surface area contributed by atoms with Gasteiger partial charge in [-0.25, -0.2) is 13.1 Å². The summed E-state index contributed by atoms with van der Waals surface area (Å²) in [5, 5.41) is 0. The molecule has 1 aliphatic rings. The Morgan fingerprint density at radius 1 is 1.04 bits per heavy atom. The van der Waals surface area contributed by atoms with Crippen LogP contribution in [0.4, 0.5) is 0 Å². The number of rotatable bonds is 5. The lowest BCUT2D eigenvalue weighted by atomic mass is 10.1. The maximum atomic E-state index is 12.5. The number of benzene rings is 2. The van der Waals surface area contributed by atoms with E-state index in [-0.39, 0.29) is 11.4 Å². The molecule has 0 saturated carbocycles. The smallest absolute Gasteiger partial charge is 0.248 e. The first-order valence-electron chi connectivity index (χ1n) is 7.74. The Morgan fingerprint density at radius 3 is 2.40 bits per heavy atom. The molecule has 0 aliphatic carbocycles. The number of fused-ring (bicyclic) bond motifs is 1. The van der Waals surface area contributed by atoms with Crippen LogP contribution in [-0.4, -0.2) is 27.5 Å². The molecule has 25 heavy (non-hydrogen) atoms. The molecule has 0 unspecified atom stereocenters. The summed E-state index contributed by atoms with van der Waals surface area (Å²) >= 11 is 0. The van der Waals surface area contributed by atoms with Crippen LogP contribution >= 0.6 is 0 Å². The fourth-order valence-electron chi connectivity index (χ4n) is 2.36. The van der Waals surface area contributed by atoms with Crippen molar-refractivity contribution in [3.63, 3.8) is 0 Å². The third kappa shape index (κ3) is 4.09. The van der Waals surface area contributed by atoms with Crippen LogP contribution in [0.2, 0.25) is 0 Å². The fourth-order valence-corrected chi connectivity index (χ4v) is 3.39. The Balaban J connectivity index is 1.73. The monoisotopic (exact) mass is 362 g/mol. The molecule has 1 aliphatic heterocycles. The minimum atomic E-state index is -3.71. The predicted octanol–water partition coefficient (Wildman–Crippen LogP) is 1.43. The van der Waals surface area contributed by atoms with E-state index in [0.29, 0.717) is 35.8 Å². The highest BCUT2D eigenvalue weighted by Gasteiger charge is 2.18. The summed E-state index contributed by atoms with van der Waals surface area (Å²) in [6, 6.07) is 10.9. The molecule has 1 heterocycles. The molecule has 0 aromatic heterocycles. The van der Waals surface area contributed by atoms with Crippen LogP contribution in [0.25, 0.3) is 0 Å². The first-order chi connectivity index (χ1) is 12.0. The zero-order valence-electron chi connectivity index (χ0n) is 13.4. The lowest BCUT2D eigenvalue weighted by Crippen LogP contribution is -2.23. The van der Waals surface area contributed by atoms with Crippen LogP contribution in [-0.2, 0) is 16.6 Å². The second-order valence-corrected chi connectivity index (χ2v) is 7.31. The number of hydrogen-bond acceptors (Lipinski definition) is 5. The zero-order valence-corrected chi connectivity index (χ0v) is 14.2. The molecular weight excluding hydrogens is 344 g/mol. The van der Waals surface area contributed by atoms with Crippen molar-refractivity contribution in [1.82, 2.24) is 4.72 Å². The fraction of sp³-hybridized carbons (Fsp3) is 0.235. The highest BCUT2D eigenvalue weighted by atomic mass is 32.2. The van der Waals surface area contributed by atoms with Gasteiger partial charge in [0, 0.05) is 24.6 Å². The number of sulfonamides is 1. The molecule has 0 spiro atoms. The van der Waals surface area contributed by atoms with E-state index < -0.39 is 15.9 Å². The third-order valence-corrected chi connectivity index (χ3v) is 5.13. The van der Waals surface area contributed by atoms with Crippen LogP contribution in [0.15, 0.2) is 47.4 Å². The van der Waals surface area contributed by atoms with Gasteiger partial charge in [-0.2, -0.15) is 0 Å². The maximum Gasteiger partial charge on any atom is 0.248 e. The van der Waals surface area contributed by atoms with Gasteiger partial charge in [0.05, 0.1) is 18.1 Å². The summed E-state index contributed by atoms with van der Waals surface area (Å²) in [6.07, 6.45) is 0.746. The van der Waals surface area contributed by atoms with E-state index in [1.807, 2.05) is 0 Å². The molecule has 8 heteroatoms. The minimum Gasteiger partial charge on any atom is -0.490 e. The average molecular weight is 362 g/mol. The number of carbonyl (C=O) groups is 1. The van der Waals surface area contributed by atoms with E-state index >= 15 is 0 Å². The number of primary amides is 1. The molecule has 3 rings (SSSR count). The van der Waals surface area contributed by atoms with Crippen LogP contribution < -0.4 is 19.9 Å². The number of ether oxygens (including phenoxy) is 2. The van der Waals surface area contributed by atoms with Crippen LogP contribution in [0.1, 0.15) is 22.3 Å².